The van der Waals surface area contributed by atoms with Gasteiger partial charge in [-0.25, -0.2) is 0 Å². The number of nitrogens with zero attached hydrogens (tertiary/aromatic N) is 6. The lowest BCUT2D eigenvalue weighted by Crippen LogP contribution is -2.33. The van der Waals surface area contributed by atoms with E-state index in [1.807, 2.05) is 10.6 Å². The van der Waals surface area contributed by atoms with Crippen molar-refractivity contribution in [2.75, 3.05) is 26.8 Å². The minimum atomic E-state index is 0.338. The van der Waals surface area contributed by atoms with E-state index < -0.39 is 0 Å². The number of piperidine rings is 1. The Labute approximate surface area is 156 Å². The van der Waals surface area contributed by atoms with Gasteiger partial charge in [0.15, 0.2) is 11.5 Å². The van der Waals surface area contributed by atoms with E-state index in [4.69, 9.17) is 14.0 Å². The molecule has 0 bridgehead atoms. The number of hydrogen-bond acceptors (Lipinski definition) is 8. The number of rotatable bonds is 4. The van der Waals surface area contributed by atoms with Gasteiger partial charge in [0.1, 0.15) is 11.5 Å². The number of hydrogen-bond donors (Lipinski definition) is 0. The fourth-order valence-electron chi connectivity index (χ4n) is 3.92. The molecular weight excluding hydrogens is 348 g/mol. The monoisotopic (exact) mass is 370 g/mol. The van der Waals surface area contributed by atoms with Crippen LogP contribution in [0.25, 0.3) is 5.65 Å². The maximum absolute atomic E-state index is 5.56. The summed E-state index contributed by atoms with van der Waals surface area (Å²) in [6.07, 6.45) is 2.84. The second-order valence-corrected chi connectivity index (χ2v) is 7.09. The molecule has 0 radical (unpaired) electrons. The average molecular weight is 370 g/mol. The highest BCUT2D eigenvalue weighted by Gasteiger charge is 2.27. The van der Waals surface area contributed by atoms with Crippen LogP contribution in [-0.4, -0.2) is 56.7 Å². The van der Waals surface area contributed by atoms with Gasteiger partial charge in [-0.1, -0.05) is 5.16 Å². The Hall–Kier alpha value is -2.52. The maximum Gasteiger partial charge on any atom is 0.231 e. The molecule has 0 aliphatic carbocycles. The molecule has 0 saturated carbocycles. The predicted molar refractivity (Wildman–Crippen MR) is 94.4 cm³/mol. The second-order valence-electron chi connectivity index (χ2n) is 7.09. The first kappa shape index (κ1) is 16.6. The summed E-state index contributed by atoms with van der Waals surface area (Å²) >= 11 is 0. The van der Waals surface area contributed by atoms with Gasteiger partial charge in [0, 0.05) is 30.5 Å². The van der Waals surface area contributed by atoms with Crippen LogP contribution >= 0.6 is 0 Å². The van der Waals surface area contributed by atoms with E-state index in [1.165, 1.54) is 0 Å². The van der Waals surface area contributed by atoms with Gasteiger partial charge >= 0.3 is 0 Å². The number of ether oxygens (including phenoxy) is 2. The third kappa shape index (κ3) is 3.06. The Morgan fingerprint density at radius 3 is 2.96 bits per heavy atom. The predicted octanol–water partition coefficient (Wildman–Crippen LogP) is 1.57. The SMILES string of the molecule is COc1ccc2nnc(C3CCN(Cc4noc5c4COCC5)CC3)n2n1. The third-order valence-electron chi connectivity index (χ3n) is 5.47. The molecule has 0 atom stereocenters. The van der Waals surface area contributed by atoms with Crippen molar-refractivity contribution in [2.45, 2.75) is 38.3 Å². The molecule has 0 amide bonds. The zero-order chi connectivity index (χ0) is 18.2. The smallest absolute Gasteiger partial charge is 0.231 e. The summed E-state index contributed by atoms with van der Waals surface area (Å²) in [6, 6.07) is 3.69. The highest BCUT2D eigenvalue weighted by Crippen LogP contribution is 2.29. The topological polar surface area (TPSA) is 90.8 Å². The fraction of sp³-hybridized carbons (Fsp3) is 0.556. The fourth-order valence-corrected chi connectivity index (χ4v) is 3.92. The Kier molecular flexibility index (Phi) is 4.25. The minimum absolute atomic E-state index is 0.338. The molecule has 0 unspecified atom stereocenters. The van der Waals surface area contributed by atoms with Crippen molar-refractivity contribution in [1.82, 2.24) is 29.9 Å². The number of methoxy groups -OCH3 is 1. The molecule has 2 aliphatic rings. The lowest BCUT2D eigenvalue weighted by Gasteiger charge is -2.30. The summed E-state index contributed by atoms with van der Waals surface area (Å²) < 4.78 is 18.1. The Morgan fingerprint density at radius 1 is 1.22 bits per heavy atom. The molecule has 3 aromatic heterocycles. The van der Waals surface area contributed by atoms with Gasteiger partial charge in [0.2, 0.25) is 5.88 Å². The second kappa shape index (κ2) is 6.90. The molecule has 1 fully saturated rings. The van der Waals surface area contributed by atoms with E-state index in [2.05, 4.69) is 25.4 Å². The molecule has 0 N–H and O–H groups in total. The minimum Gasteiger partial charge on any atom is -0.480 e. The summed E-state index contributed by atoms with van der Waals surface area (Å²) in [5.74, 6) is 2.81. The molecule has 0 spiro atoms. The van der Waals surface area contributed by atoms with E-state index >= 15 is 0 Å². The maximum atomic E-state index is 5.56. The zero-order valence-electron chi connectivity index (χ0n) is 15.3. The molecule has 27 heavy (non-hydrogen) atoms. The molecule has 5 heterocycles. The Balaban J connectivity index is 1.27. The van der Waals surface area contributed by atoms with Crippen molar-refractivity contribution in [3.8, 4) is 5.88 Å². The summed E-state index contributed by atoms with van der Waals surface area (Å²) in [5.41, 5.74) is 2.91. The Morgan fingerprint density at radius 2 is 2.11 bits per heavy atom. The van der Waals surface area contributed by atoms with Crippen LogP contribution in [0.2, 0.25) is 0 Å². The van der Waals surface area contributed by atoms with Crippen LogP contribution < -0.4 is 4.74 Å². The van der Waals surface area contributed by atoms with Gasteiger partial charge in [-0.2, -0.15) is 4.52 Å². The number of aromatic nitrogens is 5. The molecule has 3 aromatic rings. The quantitative estimate of drug-likeness (QED) is 0.684. The lowest BCUT2D eigenvalue weighted by atomic mass is 9.96. The molecule has 9 heteroatoms. The molecule has 9 nitrogen and oxygen atoms in total. The van der Waals surface area contributed by atoms with Gasteiger partial charge < -0.3 is 14.0 Å². The van der Waals surface area contributed by atoms with Crippen molar-refractivity contribution in [2.24, 2.45) is 0 Å². The first-order valence-corrected chi connectivity index (χ1v) is 9.34. The van der Waals surface area contributed by atoms with Crippen LogP contribution in [0.5, 0.6) is 5.88 Å². The standard InChI is InChI=1S/C18H22N6O3/c1-25-17-3-2-16-19-20-18(24(16)21-17)12-4-7-23(8-5-12)10-14-13-11-26-9-6-15(13)27-22-14/h2-3,12H,4-11H2,1H3. The zero-order valence-corrected chi connectivity index (χ0v) is 15.3. The highest BCUT2D eigenvalue weighted by atomic mass is 16.5. The van der Waals surface area contributed by atoms with Crippen LogP contribution in [-0.2, 0) is 24.3 Å². The third-order valence-corrected chi connectivity index (χ3v) is 5.47. The van der Waals surface area contributed by atoms with E-state index in [-0.39, 0.29) is 0 Å². The molecular formula is C18H22N6O3. The highest BCUT2D eigenvalue weighted by molar-refractivity contribution is 5.38. The van der Waals surface area contributed by atoms with E-state index in [0.29, 0.717) is 18.4 Å². The first-order valence-electron chi connectivity index (χ1n) is 9.34. The molecule has 1 saturated heterocycles. The summed E-state index contributed by atoms with van der Waals surface area (Å²) in [6.45, 7) is 4.10. The van der Waals surface area contributed by atoms with E-state index in [1.54, 1.807) is 13.2 Å². The molecule has 2 aliphatic heterocycles. The normalized spacial score (nSPS) is 18.7. The van der Waals surface area contributed by atoms with Gasteiger partial charge in [-0.05, 0) is 32.0 Å². The van der Waals surface area contributed by atoms with Crippen molar-refractivity contribution < 1.29 is 14.0 Å². The van der Waals surface area contributed by atoms with Crippen LogP contribution in [0.4, 0.5) is 0 Å². The largest absolute Gasteiger partial charge is 0.480 e. The molecule has 5 rings (SSSR count). The van der Waals surface area contributed by atoms with Gasteiger partial charge in [-0.15, -0.1) is 15.3 Å². The number of fused-ring (bicyclic) bond motifs is 2. The first-order chi connectivity index (χ1) is 13.3. The Bertz CT molecular complexity index is 944. The summed E-state index contributed by atoms with van der Waals surface area (Å²) in [7, 11) is 1.62. The van der Waals surface area contributed by atoms with Crippen LogP contribution in [0.15, 0.2) is 16.7 Å². The van der Waals surface area contributed by atoms with Crippen molar-refractivity contribution in [3.05, 3.63) is 35.0 Å². The molecule has 0 aromatic carbocycles. The van der Waals surface area contributed by atoms with Crippen LogP contribution in [0.1, 0.15) is 41.6 Å². The van der Waals surface area contributed by atoms with Crippen molar-refractivity contribution in [3.63, 3.8) is 0 Å². The van der Waals surface area contributed by atoms with Gasteiger partial charge in [-0.3, -0.25) is 4.90 Å². The van der Waals surface area contributed by atoms with Crippen molar-refractivity contribution >= 4 is 5.65 Å². The number of likely N-dealkylation sites (tertiary alicyclic amines) is 1. The summed E-state index contributed by atoms with van der Waals surface area (Å²) in [4.78, 5) is 2.42. The van der Waals surface area contributed by atoms with E-state index in [0.717, 1.165) is 74.0 Å². The van der Waals surface area contributed by atoms with Crippen molar-refractivity contribution in [1.29, 1.82) is 0 Å². The average Bonchev–Trinajstić information content (AvgIpc) is 3.32. The van der Waals surface area contributed by atoms with Crippen LogP contribution in [0.3, 0.4) is 0 Å². The van der Waals surface area contributed by atoms with Crippen LogP contribution in [0, 0.1) is 0 Å². The van der Waals surface area contributed by atoms with Gasteiger partial charge in [0.25, 0.3) is 0 Å². The van der Waals surface area contributed by atoms with E-state index in [9.17, 15) is 0 Å². The van der Waals surface area contributed by atoms with Gasteiger partial charge in [0.05, 0.1) is 20.3 Å². The summed E-state index contributed by atoms with van der Waals surface area (Å²) in [5, 5.41) is 17.4. The lowest BCUT2D eigenvalue weighted by molar-refractivity contribution is 0.102. The molecule has 142 valence electrons.